The van der Waals surface area contributed by atoms with E-state index in [-0.39, 0.29) is 24.9 Å². The van der Waals surface area contributed by atoms with Crippen LogP contribution in [0.5, 0.6) is 0 Å². The smallest absolute Gasteiger partial charge is 0.312 e. The third-order valence-corrected chi connectivity index (χ3v) is 7.17. The second-order valence-corrected chi connectivity index (χ2v) is 9.46. The Labute approximate surface area is 198 Å². The molecule has 1 amide bonds. The minimum absolute atomic E-state index is 0.0530. The van der Waals surface area contributed by atoms with Crippen LogP contribution in [0, 0.1) is 0 Å². The molecule has 0 spiro atoms. The van der Waals surface area contributed by atoms with Gasteiger partial charge in [-0.3, -0.25) is 14.5 Å². The number of hydrogen-bond acceptors (Lipinski definition) is 8. The molecule has 0 unspecified atom stereocenters. The van der Waals surface area contributed by atoms with Crippen molar-refractivity contribution in [3.05, 3.63) is 68.8 Å². The number of ether oxygens (including phenoxy) is 1. The molecular formula is C23H21N3O3S3. The molecule has 0 bridgehead atoms. The lowest BCUT2D eigenvalue weighted by Crippen LogP contribution is -2.22. The summed E-state index contributed by atoms with van der Waals surface area (Å²) in [5.41, 5.74) is 4.32. The second-order valence-electron chi connectivity index (χ2n) is 6.99. The van der Waals surface area contributed by atoms with Crippen molar-refractivity contribution in [3.63, 3.8) is 0 Å². The maximum Gasteiger partial charge on any atom is 0.312 e. The Kier molecular flexibility index (Phi) is 7.09. The van der Waals surface area contributed by atoms with E-state index in [0.29, 0.717) is 16.5 Å². The first-order valence-electron chi connectivity index (χ1n) is 10.00. The average molecular weight is 484 g/mol. The summed E-state index contributed by atoms with van der Waals surface area (Å²) in [5.74, 6) is -0.489. The fourth-order valence-corrected chi connectivity index (χ4v) is 5.44. The highest BCUT2D eigenvalue weighted by Gasteiger charge is 2.18. The number of hydrogen-bond donors (Lipinski definition) is 0. The van der Waals surface area contributed by atoms with Crippen LogP contribution in [-0.4, -0.2) is 21.8 Å². The molecule has 0 N–H and O–H groups in total. The number of amides is 1. The summed E-state index contributed by atoms with van der Waals surface area (Å²) in [4.78, 5) is 35.1. The number of aromatic nitrogens is 2. The molecule has 32 heavy (non-hydrogen) atoms. The highest BCUT2D eigenvalue weighted by Crippen LogP contribution is 2.30. The van der Waals surface area contributed by atoms with E-state index in [1.54, 1.807) is 21.6 Å². The summed E-state index contributed by atoms with van der Waals surface area (Å²) in [5, 5.41) is 9.16. The Balaban J connectivity index is 1.36. The first kappa shape index (κ1) is 22.3. The van der Waals surface area contributed by atoms with Gasteiger partial charge in [-0.25, -0.2) is 9.97 Å². The van der Waals surface area contributed by atoms with Crippen LogP contribution in [0.25, 0.3) is 10.6 Å². The minimum Gasteiger partial charge on any atom is -0.459 e. The number of benzene rings is 1. The highest BCUT2D eigenvalue weighted by molar-refractivity contribution is 7.14. The predicted molar refractivity (Wildman–Crippen MR) is 130 cm³/mol. The number of thiophene rings is 1. The van der Waals surface area contributed by atoms with Gasteiger partial charge in [-0.15, -0.1) is 22.7 Å². The highest BCUT2D eigenvalue weighted by atomic mass is 32.1. The molecule has 0 atom stereocenters. The predicted octanol–water partition coefficient (Wildman–Crippen LogP) is 5.86. The lowest BCUT2D eigenvalue weighted by molar-refractivity contribution is -0.144. The van der Waals surface area contributed by atoms with Gasteiger partial charge in [0.15, 0.2) is 5.13 Å². The number of aryl methyl sites for hydroxylation is 1. The van der Waals surface area contributed by atoms with E-state index in [0.717, 1.165) is 22.7 Å². The number of carbonyl (C=O) groups excluding carboxylic acids is 2. The standard InChI is InChI=1S/C23H21N3O3S3/c1-3-16-4-6-20(7-5-16)26(15(2)27)23-25-19(14-32-23)11-29-21(28)10-18-13-31-22(24-18)17-8-9-30-12-17/h4-9,12-14H,3,10-11H2,1-2H3. The van der Waals surface area contributed by atoms with Crippen molar-refractivity contribution in [2.24, 2.45) is 0 Å². The monoisotopic (exact) mass is 483 g/mol. The van der Waals surface area contributed by atoms with Crippen LogP contribution in [0.15, 0.2) is 51.9 Å². The van der Waals surface area contributed by atoms with Crippen molar-refractivity contribution in [1.29, 1.82) is 0 Å². The summed E-state index contributed by atoms with van der Waals surface area (Å²) in [6, 6.07) is 9.85. The van der Waals surface area contributed by atoms with Crippen LogP contribution in [0.2, 0.25) is 0 Å². The molecule has 3 aromatic heterocycles. The zero-order valence-corrected chi connectivity index (χ0v) is 20.1. The van der Waals surface area contributed by atoms with Gasteiger partial charge in [-0.05, 0) is 35.6 Å². The van der Waals surface area contributed by atoms with Gasteiger partial charge < -0.3 is 4.74 Å². The molecule has 0 aliphatic heterocycles. The molecule has 9 heteroatoms. The van der Waals surface area contributed by atoms with E-state index in [4.69, 9.17) is 4.74 Å². The molecular weight excluding hydrogens is 462 g/mol. The molecule has 0 radical (unpaired) electrons. The van der Waals surface area contributed by atoms with Crippen LogP contribution < -0.4 is 4.90 Å². The van der Waals surface area contributed by atoms with Crippen molar-refractivity contribution in [2.45, 2.75) is 33.3 Å². The zero-order valence-electron chi connectivity index (χ0n) is 17.6. The van der Waals surface area contributed by atoms with E-state index >= 15 is 0 Å². The third kappa shape index (κ3) is 5.29. The van der Waals surface area contributed by atoms with Gasteiger partial charge in [0.05, 0.1) is 23.5 Å². The van der Waals surface area contributed by atoms with Crippen molar-refractivity contribution in [3.8, 4) is 10.6 Å². The second kappa shape index (κ2) is 10.2. The molecule has 4 rings (SSSR count). The lowest BCUT2D eigenvalue weighted by Gasteiger charge is -2.18. The van der Waals surface area contributed by atoms with Gasteiger partial charge in [0.25, 0.3) is 0 Å². The van der Waals surface area contributed by atoms with Crippen molar-refractivity contribution >= 4 is 56.7 Å². The quantitative estimate of drug-likeness (QED) is 0.294. The van der Waals surface area contributed by atoms with E-state index in [1.807, 2.05) is 46.5 Å². The summed E-state index contributed by atoms with van der Waals surface area (Å²) in [6.07, 6.45) is 1.05. The zero-order chi connectivity index (χ0) is 22.5. The Morgan fingerprint density at radius 2 is 1.78 bits per heavy atom. The van der Waals surface area contributed by atoms with E-state index in [2.05, 4.69) is 16.9 Å². The van der Waals surface area contributed by atoms with Crippen LogP contribution in [0.3, 0.4) is 0 Å². The SMILES string of the molecule is CCc1ccc(N(C(C)=O)c2nc(COC(=O)Cc3csc(-c4ccsc4)n3)cs2)cc1. The van der Waals surface area contributed by atoms with Gasteiger partial charge in [0.2, 0.25) is 5.91 Å². The fraction of sp³-hybridized carbons (Fsp3) is 0.217. The van der Waals surface area contributed by atoms with Gasteiger partial charge >= 0.3 is 5.97 Å². The van der Waals surface area contributed by atoms with Crippen molar-refractivity contribution in [1.82, 2.24) is 9.97 Å². The van der Waals surface area contributed by atoms with E-state index in [9.17, 15) is 9.59 Å². The summed E-state index contributed by atoms with van der Waals surface area (Å²) in [6.45, 7) is 3.65. The van der Waals surface area contributed by atoms with Gasteiger partial charge in [0.1, 0.15) is 11.6 Å². The van der Waals surface area contributed by atoms with Gasteiger partial charge in [0, 0.05) is 28.6 Å². The molecule has 3 heterocycles. The van der Waals surface area contributed by atoms with Crippen molar-refractivity contribution in [2.75, 3.05) is 4.90 Å². The topological polar surface area (TPSA) is 72.4 Å². The van der Waals surface area contributed by atoms with E-state index in [1.165, 1.54) is 35.2 Å². The largest absolute Gasteiger partial charge is 0.459 e. The lowest BCUT2D eigenvalue weighted by atomic mass is 10.1. The Hall–Kier alpha value is -2.88. The summed E-state index contributed by atoms with van der Waals surface area (Å²) in [7, 11) is 0. The Morgan fingerprint density at radius 3 is 2.47 bits per heavy atom. The van der Waals surface area contributed by atoms with Gasteiger partial charge in [-0.2, -0.15) is 11.3 Å². The molecule has 164 valence electrons. The van der Waals surface area contributed by atoms with Crippen molar-refractivity contribution < 1.29 is 14.3 Å². The van der Waals surface area contributed by atoms with Crippen LogP contribution >= 0.6 is 34.0 Å². The maximum atomic E-state index is 12.3. The number of carbonyl (C=O) groups is 2. The molecule has 0 aliphatic carbocycles. The van der Waals surface area contributed by atoms with Crippen LogP contribution in [-0.2, 0) is 33.8 Å². The maximum absolute atomic E-state index is 12.3. The number of anilines is 2. The first-order chi connectivity index (χ1) is 15.5. The molecule has 0 fully saturated rings. The number of thiazole rings is 2. The molecule has 0 aliphatic rings. The molecule has 0 saturated heterocycles. The number of esters is 1. The third-order valence-electron chi connectivity index (χ3n) is 4.67. The average Bonchev–Trinajstić information content (AvgIpc) is 3.55. The normalized spacial score (nSPS) is 10.8. The van der Waals surface area contributed by atoms with Crippen LogP contribution in [0.4, 0.5) is 10.8 Å². The van der Waals surface area contributed by atoms with Crippen LogP contribution in [0.1, 0.15) is 30.8 Å². The minimum atomic E-state index is -0.361. The summed E-state index contributed by atoms with van der Waals surface area (Å²) >= 11 is 4.47. The molecule has 0 saturated carbocycles. The van der Waals surface area contributed by atoms with E-state index < -0.39 is 0 Å². The Morgan fingerprint density at radius 1 is 1.00 bits per heavy atom. The fourth-order valence-electron chi connectivity index (χ4n) is 3.03. The number of nitrogens with zero attached hydrogens (tertiary/aromatic N) is 3. The molecule has 1 aromatic carbocycles. The molecule has 4 aromatic rings. The first-order valence-corrected chi connectivity index (χ1v) is 12.7. The Bertz CT molecular complexity index is 1200. The number of rotatable bonds is 8. The summed E-state index contributed by atoms with van der Waals surface area (Å²) < 4.78 is 5.39. The molecule has 6 nitrogen and oxygen atoms in total. The van der Waals surface area contributed by atoms with Gasteiger partial charge in [-0.1, -0.05) is 19.1 Å².